The Balaban J connectivity index is 1.83. The Labute approximate surface area is 142 Å². The van der Waals surface area contributed by atoms with Crippen LogP contribution in [0.3, 0.4) is 0 Å². The Morgan fingerprint density at radius 2 is 2.29 bits per heavy atom. The summed E-state index contributed by atoms with van der Waals surface area (Å²) < 4.78 is 10.2. The number of aliphatic hydroxyl groups is 1. The van der Waals surface area contributed by atoms with Gasteiger partial charge in [0.05, 0.1) is 32.5 Å². The van der Waals surface area contributed by atoms with Gasteiger partial charge >= 0.3 is 6.03 Å². The van der Waals surface area contributed by atoms with E-state index in [1.165, 1.54) is 12.0 Å². The summed E-state index contributed by atoms with van der Waals surface area (Å²) in [5.41, 5.74) is 0.977. The maximum Gasteiger partial charge on any atom is 0.317 e. The van der Waals surface area contributed by atoms with Crippen LogP contribution in [0.2, 0.25) is 0 Å². The number of likely N-dealkylation sites (N-methyl/N-ethyl adjacent to an activating group) is 1. The van der Waals surface area contributed by atoms with Gasteiger partial charge in [-0.15, -0.1) is 0 Å². The summed E-state index contributed by atoms with van der Waals surface area (Å²) in [6, 6.07) is 3.62. The number of urea groups is 1. The van der Waals surface area contributed by atoms with E-state index in [1.54, 1.807) is 13.2 Å². The minimum absolute atomic E-state index is 0.199. The van der Waals surface area contributed by atoms with Crippen LogP contribution < -0.4 is 10.2 Å². The molecule has 2 rings (SSSR count). The normalized spacial score (nSPS) is 15.9. The van der Waals surface area contributed by atoms with Gasteiger partial charge in [-0.1, -0.05) is 0 Å². The maximum atomic E-state index is 12.1. The maximum absolute atomic E-state index is 12.1. The average molecular weight is 338 g/mol. The second-order valence-electron chi connectivity index (χ2n) is 5.77. The number of rotatable bonds is 7. The largest absolute Gasteiger partial charge is 0.389 e. The number of carbonyl (C=O) groups excluding carboxylic acids is 1. The van der Waals surface area contributed by atoms with Crippen molar-refractivity contribution in [1.82, 2.24) is 15.2 Å². The summed E-state index contributed by atoms with van der Waals surface area (Å²) in [4.78, 5) is 20.1. The molecule has 8 heteroatoms. The highest BCUT2D eigenvalue weighted by molar-refractivity contribution is 5.73. The first-order chi connectivity index (χ1) is 11.6. The van der Waals surface area contributed by atoms with Crippen LogP contribution >= 0.6 is 0 Å². The fraction of sp³-hybridized carbons (Fsp3) is 0.625. The highest BCUT2D eigenvalue weighted by atomic mass is 16.5. The van der Waals surface area contributed by atoms with E-state index in [2.05, 4.69) is 15.2 Å². The molecule has 1 aliphatic heterocycles. The van der Waals surface area contributed by atoms with E-state index >= 15 is 0 Å². The summed E-state index contributed by atoms with van der Waals surface area (Å²) in [7, 11) is 3.15. The highest BCUT2D eigenvalue weighted by Crippen LogP contribution is 2.14. The van der Waals surface area contributed by atoms with Gasteiger partial charge in [0.15, 0.2) is 0 Å². The van der Waals surface area contributed by atoms with Gasteiger partial charge in [0.25, 0.3) is 0 Å². The molecule has 1 saturated heterocycles. The first-order valence-corrected chi connectivity index (χ1v) is 8.03. The van der Waals surface area contributed by atoms with Crippen molar-refractivity contribution in [2.24, 2.45) is 0 Å². The minimum Gasteiger partial charge on any atom is -0.389 e. The van der Waals surface area contributed by atoms with Gasteiger partial charge in [0, 0.05) is 40.0 Å². The van der Waals surface area contributed by atoms with E-state index in [0.717, 1.165) is 24.5 Å². The van der Waals surface area contributed by atoms with Crippen LogP contribution in [0.4, 0.5) is 10.6 Å². The molecule has 24 heavy (non-hydrogen) atoms. The van der Waals surface area contributed by atoms with Crippen LogP contribution in [0, 0.1) is 0 Å². The van der Waals surface area contributed by atoms with E-state index < -0.39 is 6.10 Å². The number of pyridine rings is 1. The number of aliphatic hydroxyl groups excluding tert-OH is 1. The molecule has 0 aliphatic carbocycles. The van der Waals surface area contributed by atoms with Crippen molar-refractivity contribution < 1.29 is 19.4 Å². The molecule has 2 amide bonds. The minimum atomic E-state index is -0.695. The monoisotopic (exact) mass is 338 g/mol. The first kappa shape index (κ1) is 18.4. The lowest BCUT2D eigenvalue weighted by molar-refractivity contribution is 0.0489. The topological polar surface area (TPSA) is 87.2 Å². The predicted molar refractivity (Wildman–Crippen MR) is 90.0 cm³/mol. The molecule has 0 aromatic carbocycles. The Morgan fingerprint density at radius 1 is 1.54 bits per heavy atom. The average Bonchev–Trinajstić information content (AvgIpc) is 2.60. The molecule has 1 atom stereocenters. The standard InChI is InChI=1S/C16H26N4O4/c1-19(11-14(21)12-23-2)16(22)18-10-13-3-4-17-15(9-13)20-5-7-24-8-6-20/h3-4,9,14,21H,5-8,10-12H2,1-2H3,(H,18,22)/t14-/m1/s1. The van der Waals surface area contributed by atoms with Crippen LogP contribution in [0.15, 0.2) is 18.3 Å². The lowest BCUT2D eigenvalue weighted by atomic mass is 10.2. The fourth-order valence-electron chi connectivity index (χ4n) is 2.49. The Bertz CT molecular complexity index is 523. The fourth-order valence-corrected chi connectivity index (χ4v) is 2.49. The zero-order valence-corrected chi connectivity index (χ0v) is 14.3. The molecule has 2 heterocycles. The van der Waals surface area contributed by atoms with Gasteiger partial charge in [-0.05, 0) is 17.7 Å². The second-order valence-corrected chi connectivity index (χ2v) is 5.77. The molecule has 1 aliphatic rings. The third-order valence-electron chi connectivity index (χ3n) is 3.78. The predicted octanol–water partition coefficient (Wildman–Crippen LogP) is 0.0669. The molecule has 0 spiro atoms. The number of methoxy groups -OCH3 is 1. The molecule has 0 unspecified atom stereocenters. The molecular formula is C16H26N4O4. The zero-order chi connectivity index (χ0) is 17.4. The Kier molecular flexibility index (Phi) is 7.23. The number of hydrogen-bond acceptors (Lipinski definition) is 6. The SMILES string of the molecule is COC[C@H](O)CN(C)C(=O)NCc1ccnc(N2CCOCC2)c1. The summed E-state index contributed by atoms with van der Waals surface area (Å²) in [6.07, 6.45) is 1.05. The molecule has 0 saturated carbocycles. The van der Waals surface area contributed by atoms with Crippen LogP contribution in [-0.2, 0) is 16.0 Å². The third-order valence-corrected chi connectivity index (χ3v) is 3.78. The number of ether oxygens (including phenoxy) is 2. The summed E-state index contributed by atoms with van der Waals surface area (Å²) in [5, 5.41) is 12.5. The lowest BCUT2D eigenvalue weighted by Crippen LogP contribution is -2.42. The summed E-state index contributed by atoms with van der Waals surface area (Å²) in [5.74, 6) is 0.897. The zero-order valence-electron chi connectivity index (χ0n) is 14.3. The molecule has 0 bridgehead atoms. The number of amides is 2. The first-order valence-electron chi connectivity index (χ1n) is 8.03. The summed E-state index contributed by atoms with van der Waals surface area (Å²) in [6.45, 7) is 3.88. The summed E-state index contributed by atoms with van der Waals surface area (Å²) >= 11 is 0. The molecule has 1 aromatic rings. The lowest BCUT2D eigenvalue weighted by Gasteiger charge is -2.28. The smallest absolute Gasteiger partial charge is 0.317 e. The number of morpholine rings is 1. The van der Waals surface area contributed by atoms with Crippen LogP contribution in [0.25, 0.3) is 0 Å². The van der Waals surface area contributed by atoms with Gasteiger partial charge < -0.3 is 29.7 Å². The van der Waals surface area contributed by atoms with E-state index in [1.807, 2.05) is 12.1 Å². The van der Waals surface area contributed by atoms with Crippen molar-refractivity contribution >= 4 is 11.8 Å². The van der Waals surface area contributed by atoms with Crippen molar-refractivity contribution in [3.05, 3.63) is 23.9 Å². The van der Waals surface area contributed by atoms with Gasteiger partial charge in [-0.25, -0.2) is 9.78 Å². The van der Waals surface area contributed by atoms with Gasteiger partial charge in [0.2, 0.25) is 0 Å². The molecule has 134 valence electrons. The van der Waals surface area contributed by atoms with E-state index in [0.29, 0.717) is 19.8 Å². The molecule has 1 fully saturated rings. The molecule has 1 aromatic heterocycles. The Morgan fingerprint density at radius 3 is 3.00 bits per heavy atom. The number of anilines is 1. The Hall–Kier alpha value is -1.90. The van der Waals surface area contributed by atoms with Crippen molar-refractivity contribution in [1.29, 1.82) is 0 Å². The van der Waals surface area contributed by atoms with Crippen molar-refractivity contribution in [2.45, 2.75) is 12.6 Å². The molecular weight excluding hydrogens is 312 g/mol. The molecule has 2 N–H and O–H groups in total. The van der Waals surface area contributed by atoms with E-state index in [-0.39, 0.29) is 19.2 Å². The number of nitrogens with zero attached hydrogens (tertiary/aromatic N) is 3. The van der Waals surface area contributed by atoms with Crippen molar-refractivity contribution in [3.63, 3.8) is 0 Å². The number of aromatic nitrogens is 1. The third kappa shape index (κ3) is 5.63. The number of carbonyl (C=O) groups is 1. The quantitative estimate of drug-likeness (QED) is 0.731. The van der Waals surface area contributed by atoms with E-state index in [4.69, 9.17) is 9.47 Å². The van der Waals surface area contributed by atoms with Crippen LogP contribution in [0.5, 0.6) is 0 Å². The van der Waals surface area contributed by atoms with Gasteiger partial charge in [-0.3, -0.25) is 0 Å². The van der Waals surface area contributed by atoms with Gasteiger partial charge in [0.1, 0.15) is 5.82 Å². The van der Waals surface area contributed by atoms with Crippen LogP contribution in [-0.4, -0.2) is 80.7 Å². The van der Waals surface area contributed by atoms with E-state index in [9.17, 15) is 9.90 Å². The highest BCUT2D eigenvalue weighted by Gasteiger charge is 2.15. The number of hydrogen-bond donors (Lipinski definition) is 2. The second kappa shape index (κ2) is 9.41. The van der Waals surface area contributed by atoms with Gasteiger partial charge in [-0.2, -0.15) is 0 Å². The number of nitrogens with one attached hydrogen (secondary N) is 1. The molecule has 8 nitrogen and oxygen atoms in total. The van der Waals surface area contributed by atoms with Crippen molar-refractivity contribution in [2.75, 3.05) is 58.5 Å². The molecule has 0 radical (unpaired) electrons. The van der Waals surface area contributed by atoms with Crippen LogP contribution in [0.1, 0.15) is 5.56 Å². The van der Waals surface area contributed by atoms with Crippen molar-refractivity contribution in [3.8, 4) is 0 Å².